The highest BCUT2D eigenvalue weighted by Crippen LogP contribution is 2.30. The van der Waals surface area contributed by atoms with Crippen LogP contribution in [0.1, 0.15) is 17.8 Å². The smallest absolute Gasteiger partial charge is 0.123 e. The standard InChI is InChI=1S/C13H16FNOS/c1-3-16-8-11(15-2)13-7-9-6-10(14)4-5-12(9)17-13/h4-7,11,15H,3,8H2,1-2H3. The maximum absolute atomic E-state index is 13.1. The number of nitrogens with one attached hydrogen (secondary N) is 1. The van der Waals surface area contributed by atoms with Crippen molar-refractivity contribution in [1.82, 2.24) is 5.32 Å². The van der Waals surface area contributed by atoms with Gasteiger partial charge in [-0.2, -0.15) is 0 Å². The Morgan fingerprint density at radius 3 is 2.94 bits per heavy atom. The molecule has 4 heteroatoms. The number of thiophene rings is 1. The molecule has 0 aliphatic heterocycles. The summed E-state index contributed by atoms with van der Waals surface area (Å²) in [4.78, 5) is 1.18. The first-order valence-corrected chi connectivity index (χ1v) is 6.50. The molecule has 0 aliphatic carbocycles. The largest absolute Gasteiger partial charge is 0.380 e. The van der Waals surface area contributed by atoms with Gasteiger partial charge >= 0.3 is 0 Å². The third kappa shape index (κ3) is 2.83. The van der Waals surface area contributed by atoms with Crippen molar-refractivity contribution in [2.24, 2.45) is 0 Å². The van der Waals surface area contributed by atoms with Gasteiger partial charge in [-0.3, -0.25) is 0 Å². The molecule has 0 radical (unpaired) electrons. The third-order valence-electron chi connectivity index (χ3n) is 2.68. The van der Waals surface area contributed by atoms with Crippen molar-refractivity contribution in [3.05, 3.63) is 35.0 Å². The van der Waals surface area contributed by atoms with Gasteiger partial charge in [0.1, 0.15) is 5.82 Å². The molecule has 17 heavy (non-hydrogen) atoms. The molecule has 1 heterocycles. The first-order chi connectivity index (χ1) is 8.24. The lowest BCUT2D eigenvalue weighted by Crippen LogP contribution is -2.20. The van der Waals surface area contributed by atoms with E-state index in [9.17, 15) is 4.39 Å². The van der Waals surface area contributed by atoms with Gasteiger partial charge in [-0.1, -0.05) is 0 Å². The molecule has 1 unspecified atom stereocenters. The van der Waals surface area contributed by atoms with Gasteiger partial charge in [-0.25, -0.2) is 4.39 Å². The normalized spacial score (nSPS) is 13.1. The van der Waals surface area contributed by atoms with Crippen molar-refractivity contribution in [3.8, 4) is 0 Å². The van der Waals surface area contributed by atoms with E-state index in [1.165, 1.54) is 10.9 Å². The van der Waals surface area contributed by atoms with Gasteiger partial charge in [0.25, 0.3) is 0 Å². The molecule has 0 saturated heterocycles. The minimum absolute atomic E-state index is 0.176. The van der Waals surface area contributed by atoms with Crippen LogP contribution >= 0.6 is 11.3 Å². The maximum atomic E-state index is 13.1. The van der Waals surface area contributed by atoms with Crippen molar-refractivity contribution in [2.45, 2.75) is 13.0 Å². The van der Waals surface area contributed by atoms with Crippen LogP contribution in [0.3, 0.4) is 0 Å². The van der Waals surface area contributed by atoms with Crippen molar-refractivity contribution < 1.29 is 9.13 Å². The first kappa shape index (κ1) is 12.5. The average molecular weight is 253 g/mol. The Morgan fingerprint density at radius 2 is 2.24 bits per heavy atom. The van der Waals surface area contributed by atoms with Crippen LogP contribution in [0.5, 0.6) is 0 Å². The molecule has 0 bridgehead atoms. The summed E-state index contributed by atoms with van der Waals surface area (Å²) < 4.78 is 19.6. The fourth-order valence-electron chi connectivity index (χ4n) is 1.75. The molecule has 2 nitrogen and oxygen atoms in total. The van der Waals surface area contributed by atoms with Gasteiger partial charge < -0.3 is 10.1 Å². The SMILES string of the molecule is CCOCC(NC)c1cc2cc(F)ccc2s1. The zero-order valence-electron chi connectivity index (χ0n) is 10.00. The zero-order valence-corrected chi connectivity index (χ0v) is 10.8. The van der Waals surface area contributed by atoms with Crippen LogP contribution in [0.15, 0.2) is 24.3 Å². The lowest BCUT2D eigenvalue weighted by molar-refractivity contribution is 0.126. The first-order valence-electron chi connectivity index (χ1n) is 5.68. The molecular weight excluding hydrogens is 237 g/mol. The molecule has 0 saturated carbocycles. The van der Waals surface area contributed by atoms with Crippen LogP contribution in [0.2, 0.25) is 0 Å². The number of rotatable bonds is 5. The van der Waals surface area contributed by atoms with Crippen LogP contribution in [0.25, 0.3) is 10.1 Å². The molecular formula is C13H16FNOS. The van der Waals surface area contributed by atoms with E-state index in [4.69, 9.17) is 4.74 Å². The Bertz CT molecular complexity index is 497. The number of ether oxygens (including phenoxy) is 1. The van der Waals surface area contributed by atoms with E-state index >= 15 is 0 Å². The maximum Gasteiger partial charge on any atom is 0.123 e. The van der Waals surface area contributed by atoms with Crippen molar-refractivity contribution in [1.29, 1.82) is 0 Å². The van der Waals surface area contributed by atoms with Crippen molar-refractivity contribution in [3.63, 3.8) is 0 Å². The molecule has 2 rings (SSSR count). The van der Waals surface area contributed by atoms with E-state index in [0.717, 1.165) is 10.1 Å². The average Bonchev–Trinajstić information content (AvgIpc) is 2.72. The predicted molar refractivity (Wildman–Crippen MR) is 70.1 cm³/mol. The van der Waals surface area contributed by atoms with Crippen LogP contribution in [-0.4, -0.2) is 20.3 Å². The second-order valence-electron chi connectivity index (χ2n) is 3.83. The van der Waals surface area contributed by atoms with Crippen molar-refractivity contribution in [2.75, 3.05) is 20.3 Å². The van der Waals surface area contributed by atoms with Crippen LogP contribution in [0.4, 0.5) is 4.39 Å². The summed E-state index contributed by atoms with van der Waals surface area (Å²) in [6.07, 6.45) is 0. The zero-order chi connectivity index (χ0) is 12.3. The summed E-state index contributed by atoms with van der Waals surface area (Å²) in [6, 6.07) is 7.10. The number of hydrogen-bond donors (Lipinski definition) is 1. The number of fused-ring (bicyclic) bond motifs is 1. The van der Waals surface area contributed by atoms with Crippen molar-refractivity contribution >= 4 is 21.4 Å². The second-order valence-corrected chi connectivity index (χ2v) is 4.95. The number of benzene rings is 1. The Kier molecular flexibility index (Phi) is 4.10. The lowest BCUT2D eigenvalue weighted by Gasteiger charge is -2.13. The monoisotopic (exact) mass is 253 g/mol. The summed E-state index contributed by atoms with van der Waals surface area (Å²) >= 11 is 1.68. The Labute approximate surface area is 104 Å². The van der Waals surface area contributed by atoms with E-state index in [-0.39, 0.29) is 11.9 Å². The van der Waals surface area contributed by atoms with E-state index in [2.05, 4.69) is 5.32 Å². The Hall–Kier alpha value is -0.970. The number of halogens is 1. The third-order valence-corrected chi connectivity index (χ3v) is 3.91. The van der Waals surface area contributed by atoms with Crippen LogP contribution in [0, 0.1) is 5.82 Å². The van der Waals surface area contributed by atoms with Gasteiger partial charge in [0, 0.05) is 16.2 Å². The molecule has 1 aromatic heterocycles. The molecule has 1 aromatic carbocycles. The van der Waals surface area contributed by atoms with Gasteiger partial charge in [0.05, 0.1) is 12.6 Å². The number of likely N-dealkylation sites (N-methyl/N-ethyl adjacent to an activating group) is 1. The second kappa shape index (κ2) is 5.58. The predicted octanol–water partition coefficient (Wildman–Crippen LogP) is 3.34. The van der Waals surface area contributed by atoms with Gasteiger partial charge in [-0.05, 0) is 43.6 Å². The fourth-order valence-corrected chi connectivity index (χ4v) is 2.89. The van der Waals surface area contributed by atoms with Crippen LogP contribution in [-0.2, 0) is 4.74 Å². The van der Waals surface area contributed by atoms with E-state index < -0.39 is 0 Å². The molecule has 1 N–H and O–H groups in total. The Balaban J connectivity index is 2.27. The molecule has 92 valence electrons. The van der Waals surface area contributed by atoms with Gasteiger partial charge in [0.15, 0.2) is 0 Å². The highest BCUT2D eigenvalue weighted by Gasteiger charge is 2.12. The molecule has 0 aliphatic rings. The van der Waals surface area contributed by atoms with Crippen LogP contribution < -0.4 is 5.32 Å². The fraction of sp³-hybridized carbons (Fsp3) is 0.385. The minimum Gasteiger partial charge on any atom is -0.380 e. The summed E-state index contributed by atoms with van der Waals surface area (Å²) in [5.41, 5.74) is 0. The van der Waals surface area contributed by atoms with Gasteiger partial charge in [-0.15, -0.1) is 11.3 Å². The highest BCUT2D eigenvalue weighted by atomic mass is 32.1. The molecule has 0 spiro atoms. The topological polar surface area (TPSA) is 21.3 Å². The Morgan fingerprint density at radius 1 is 1.41 bits per heavy atom. The molecule has 0 amide bonds. The molecule has 0 fully saturated rings. The van der Waals surface area contributed by atoms with E-state index in [1.807, 2.05) is 26.1 Å². The summed E-state index contributed by atoms with van der Waals surface area (Å²) in [7, 11) is 1.91. The highest BCUT2D eigenvalue weighted by molar-refractivity contribution is 7.19. The quantitative estimate of drug-likeness (QED) is 0.882. The summed E-state index contributed by atoms with van der Waals surface area (Å²) in [5.74, 6) is -0.187. The van der Waals surface area contributed by atoms with Gasteiger partial charge in [0.2, 0.25) is 0 Å². The molecule has 1 atom stereocenters. The van der Waals surface area contributed by atoms with E-state index in [0.29, 0.717) is 13.2 Å². The van der Waals surface area contributed by atoms with E-state index in [1.54, 1.807) is 17.4 Å². The summed E-state index contributed by atoms with van der Waals surface area (Å²) in [5, 5.41) is 4.18. The summed E-state index contributed by atoms with van der Waals surface area (Å²) in [6.45, 7) is 3.33. The minimum atomic E-state index is -0.187. The number of hydrogen-bond acceptors (Lipinski definition) is 3. The lowest BCUT2D eigenvalue weighted by atomic mass is 10.2. The molecule has 2 aromatic rings.